The molecule has 1 saturated heterocycles. The lowest BCUT2D eigenvalue weighted by atomic mass is 10.2. The number of nitrogens with one attached hydrogen (secondary N) is 1. The predicted octanol–water partition coefficient (Wildman–Crippen LogP) is 2.21. The van der Waals surface area contributed by atoms with Gasteiger partial charge in [-0.3, -0.25) is 0 Å². The molecule has 4 nitrogen and oxygen atoms in total. The maximum Gasteiger partial charge on any atom is 0.279 e. The SMILES string of the molecule is Cc1ccc(CNS(=O)(=O)N2CCCCCC2)cc1. The van der Waals surface area contributed by atoms with Crippen LogP contribution in [-0.2, 0) is 16.8 Å². The number of aryl methyl sites for hydroxylation is 1. The molecule has 1 aromatic carbocycles. The molecule has 1 aliphatic rings. The Morgan fingerprint density at radius 2 is 1.63 bits per heavy atom. The third-order valence-electron chi connectivity index (χ3n) is 3.48. The lowest BCUT2D eigenvalue weighted by Gasteiger charge is -2.20. The summed E-state index contributed by atoms with van der Waals surface area (Å²) < 4.78 is 28.7. The summed E-state index contributed by atoms with van der Waals surface area (Å²) in [5.41, 5.74) is 2.17. The largest absolute Gasteiger partial charge is 0.279 e. The molecule has 2 rings (SSSR count). The first kappa shape index (κ1) is 14.5. The van der Waals surface area contributed by atoms with E-state index in [1.165, 1.54) is 5.56 Å². The van der Waals surface area contributed by atoms with E-state index in [1.807, 2.05) is 31.2 Å². The Morgan fingerprint density at radius 1 is 1.05 bits per heavy atom. The minimum absolute atomic E-state index is 0.360. The van der Waals surface area contributed by atoms with E-state index in [-0.39, 0.29) is 0 Å². The van der Waals surface area contributed by atoms with E-state index < -0.39 is 10.2 Å². The smallest absolute Gasteiger partial charge is 0.198 e. The summed E-state index contributed by atoms with van der Waals surface area (Å²) in [7, 11) is -3.33. The van der Waals surface area contributed by atoms with E-state index in [2.05, 4.69) is 4.72 Å². The van der Waals surface area contributed by atoms with E-state index >= 15 is 0 Å². The van der Waals surface area contributed by atoms with Crippen LogP contribution in [0.2, 0.25) is 0 Å². The van der Waals surface area contributed by atoms with Gasteiger partial charge in [-0.05, 0) is 25.3 Å². The molecule has 5 heteroatoms. The molecule has 0 amide bonds. The summed E-state index contributed by atoms with van der Waals surface area (Å²) in [4.78, 5) is 0. The molecule has 0 atom stereocenters. The molecule has 1 aliphatic heterocycles. The topological polar surface area (TPSA) is 49.4 Å². The van der Waals surface area contributed by atoms with E-state index in [4.69, 9.17) is 0 Å². The maximum atomic E-state index is 12.2. The number of benzene rings is 1. The molecule has 19 heavy (non-hydrogen) atoms. The summed E-state index contributed by atoms with van der Waals surface area (Å²) >= 11 is 0. The molecule has 1 N–H and O–H groups in total. The van der Waals surface area contributed by atoms with Crippen molar-refractivity contribution in [1.29, 1.82) is 0 Å². The molecule has 0 aliphatic carbocycles. The minimum Gasteiger partial charge on any atom is -0.198 e. The van der Waals surface area contributed by atoms with Crippen molar-refractivity contribution in [1.82, 2.24) is 9.03 Å². The standard InChI is InChI=1S/C14H22N2O2S/c1-13-6-8-14(9-7-13)12-15-19(17,18)16-10-4-2-3-5-11-16/h6-9,15H,2-5,10-12H2,1H3. The van der Waals surface area contributed by atoms with Gasteiger partial charge < -0.3 is 0 Å². The van der Waals surface area contributed by atoms with E-state index in [1.54, 1.807) is 4.31 Å². The Kier molecular flexibility index (Phi) is 4.96. The average molecular weight is 282 g/mol. The summed E-state index contributed by atoms with van der Waals surface area (Å²) in [6.45, 7) is 3.66. The normalized spacial score (nSPS) is 18.2. The van der Waals surface area contributed by atoms with Crippen molar-refractivity contribution in [3.8, 4) is 0 Å². The van der Waals surface area contributed by atoms with Gasteiger partial charge in [-0.25, -0.2) is 0 Å². The Balaban J connectivity index is 1.94. The monoisotopic (exact) mass is 282 g/mol. The van der Waals surface area contributed by atoms with Gasteiger partial charge in [0.05, 0.1) is 0 Å². The van der Waals surface area contributed by atoms with Crippen LogP contribution < -0.4 is 4.72 Å². The Bertz CT molecular complexity index is 489. The van der Waals surface area contributed by atoms with Crippen molar-refractivity contribution in [3.63, 3.8) is 0 Å². The first-order valence-corrected chi connectivity index (χ1v) is 8.32. The highest BCUT2D eigenvalue weighted by molar-refractivity contribution is 7.87. The van der Waals surface area contributed by atoms with Gasteiger partial charge in [0.1, 0.15) is 0 Å². The summed E-state index contributed by atoms with van der Waals surface area (Å²) in [6, 6.07) is 7.91. The second kappa shape index (κ2) is 6.50. The minimum atomic E-state index is -3.33. The fourth-order valence-electron chi connectivity index (χ4n) is 2.25. The zero-order valence-corrected chi connectivity index (χ0v) is 12.2. The fourth-order valence-corrected chi connectivity index (χ4v) is 3.52. The van der Waals surface area contributed by atoms with Crippen molar-refractivity contribution in [2.75, 3.05) is 13.1 Å². The third-order valence-corrected chi connectivity index (χ3v) is 5.04. The van der Waals surface area contributed by atoms with Crippen LogP contribution in [0, 0.1) is 6.92 Å². The lowest BCUT2D eigenvalue weighted by Crippen LogP contribution is -2.40. The Labute approximate surface area is 116 Å². The van der Waals surface area contributed by atoms with Crippen LogP contribution in [0.15, 0.2) is 24.3 Å². The van der Waals surface area contributed by atoms with Gasteiger partial charge in [0.25, 0.3) is 10.2 Å². The van der Waals surface area contributed by atoms with Gasteiger partial charge >= 0.3 is 0 Å². The molecular weight excluding hydrogens is 260 g/mol. The number of hydrogen-bond acceptors (Lipinski definition) is 2. The third kappa shape index (κ3) is 4.30. The van der Waals surface area contributed by atoms with Gasteiger partial charge in [-0.1, -0.05) is 42.7 Å². The van der Waals surface area contributed by atoms with E-state index in [0.29, 0.717) is 19.6 Å². The van der Waals surface area contributed by atoms with Crippen LogP contribution in [0.3, 0.4) is 0 Å². The number of nitrogens with zero attached hydrogens (tertiary/aromatic N) is 1. The van der Waals surface area contributed by atoms with Crippen molar-refractivity contribution in [3.05, 3.63) is 35.4 Å². The van der Waals surface area contributed by atoms with Gasteiger partial charge in [0, 0.05) is 19.6 Å². The van der Waals surface area contributed by atoms with Gasteiger partial charge in [0.2, 0.25) is 0 Å². The van der Waals surface area contributed by atoms with Crippen LogP contribution in [0.5, 0.6) is 0 Å². The summed E-state index contributed by atoms with van der Waals surface area (Å²) in [5, 5.41) is 0. The van der Waals surface area contributed by atoms with Crippen molar-refractivity contribution >= 4 is 10.2 Å². The highest BCUT2D eigenvalue weighted by Gasteiger charge is 2.22. The van der Waals surface area contributed by atoms with Crippen LogP contribution in [0.4, 0.5) is 0 Å². The fraction of sp³-hybridized carbons (Fsp3) is 0.571. The van der Waals surface area contributed by atoms with E-state index in [0.717, 1.165) is 31.2 Å². The number of rotatable bonds is 4. The van der Waals surface area contributed by atoms with Crippen LogP contribution in [0.1, 0.15) is 36.8 Å². The van der Waals surface area contributed by atoms with Gasteiger partial charge in [-0.15, -0.1) is 0 Å². The van der Waals surface area contributed by atoms with Crippen molar-refractivity contribution in [2.45, 2.75) is 39.2 Å². The molecule has 0 bridgehead atoms. The highest BCUT2D eigenvalue weighted by Crippen LogP contribution is 2.13. The number of hydrogen-bond donors (Lipinski definition) is 1. The van der Waals surface area contributed by atoms with E-state index in [9.17, 15) is 8.42 Å². The van der Waals surface area contributed by atoms with Crippen molar-refractivity contribution < 1.29 is 8.42 Å². The van der Waals surface area contributed by atoms with Gasteiger partial charge in [0.15, 0.2) is 0 Å². The van der Waals surface area contributed by atoms with Crippen LogP contribution in [0.25, 0.3) is 0 Å². The molecule has 1 heterocycles. The first-order valence-electron chi connectivity index (χ1n) is 6.88. The summed E-state index contributed by atoms with van der Waals surface area (Å²) in [5.74, 6) is 0. The second-order valence-corrected chi connectivity index (χ2v) is 6.88. The molecule has 1 fully saturated rings. The molecule has 106 valence electrons. The average Bonchev–Trinajstić information content (AvgIpc) is 2.67. The Morgan fingerprint density at radius 3 is 2.21 bits per heavy atom. The highest BCUT2D eigenvalue weighted by atomic mass is 32.2. The quantitative estimate of drug-likeness (QED) is 0.920. The molecule has 0 radical (unpaired) electrons. The Hall–Kier alpha value is -0.910. The molecule has 0 unspecified atom stereocenters. The predicted molar refractivity (Wildman–Crippen MR) is 77.0 cm³/mol. The molecule has 0 spiro atoms. The molecule has 0 saturated carbocycles. The zero-order valence-electron chi connectivity index (χ0n) is 11.4. The molecule has 1 aromatic rings. The first-order chi connectivity index (χ1) is 9.08. The lowest BCUT2D eigenvalue weighted by molar-refractivity contribution is 0.414. The second-order valence-electron chi connectivity index (χ2n) is 5.13. The molecule has 0 aromatic heterocycles. The zero-order chi connectivity index (χ0) is 13.7. The maximum absolute atomic E-state index is 12.2. The van der Waals surface area contributed by atoms with Gasteiger partial charge in [-0.2, -0.15) is 17.4 Å². The van der Waals surface area contributed by atoms with Crippen molar-refractivity contribution in [2.24, 2.45) is 0 Å². The summed E-state index contributed by atoms with van der Waals surface area (Å²) in [6.07, 6.45) is 4.19. The van der Waals surface area contributed by atoms with Crippen LogP contribution >= 0.6 is 0 Å². The van der Waals surface area contributed by atoms with Crippen LogP contribution in [-0.4, -0.2) is 25.8 Å². The molecular formula is C14H22N2O2S.